The molecule has 14 heavy (non-hydrogen) atoms. The van der Waals surface area contributed by atoms with Crippen molar-refractivity contribution in [3.05, 3.63) is 27.4 Å². The lowest BCUT2D eigenvalue weighted by Crippen LogP contribution is -2.20. The van der Waals surface area contributed by atoms with E-state index < -0.39 is 0 Å². The maximum Gasteiger partial charge on any atom is 0.267 e. The molecule has 0 saturated heterocycles. The van der Waals surface area contributed by atoms with Gasteiger partial charge < -0.3 is 0 Å². The second-order valence-corrected chi connectivity index (χ2v) is 3.71. The standard InChI is InChI=1S/C9H10BrN3O/c10-8-6-12-7-13(9(8)14)5-3-1-2-4-11/h6-7H,1-3,5H2. The van der Waals surface area contributed by atoms with E-state index in [2.05, 4.69) is 27.0 Å². The van der Waals surface area contributed by atoms with Gasteiger partial charge in [-0.1, -0.05) is 0 Å². The number of aromatic nitrogens is 2. The Morgan fingerprint density at radius 1 is 1.57 bits per heavy atom. The fourth-order valence-corrected chi connectivity index (χ4v) is 1.42. The van der Waals surface area contributed by atoms with Crippen LogP contribution in [0.1, 0.15) is 19.3 Å². The smallest absolute Gasteiger partial charge is 0.267 e. The summed E-state index contributed by atoms with van der Waals surface area (Å²) in [6.45, 7) is 0.618. The van der Waals surface area contributed by atoms with Crippen LogP contribution in [0.5, 0.6) is 0 Å². The zero-order valence-corrected chi connectivity index (χ0v) is 9.20. The number of hydrogen-bond acceptors (Lipinski definition) is 3. The monoisotopic (exact) mass is 255 g/mol. The van der Waals surface area contributed by atoms with Crippen LogP contribution in [0.4, 0.5) is 0 Å². The third-order valence-electron chi connectivity index (χ3n) is 1.80. The van der Waals surface area contributed by atoms with Crippen molar-refractivity contribution in [2.24, 2.45) is 0 Å². The molecule has 0 spiro atoms. The second-order valence-electron chi connectivity index (χ2n) is 2.86. The summed E-state index contributed by atoms with van der Waals surface area (Å²) < 4.78 is 2.02. The Morgan fingerprint density at radius 3 is 3.07 bits per heavy atom. The van der Waals surface area contributed by atoms with Crippen molar-refractivity contribution >= 4 is 15.9 Å². The van der Waals surface area contributed by atoms with Crippen LogP contribution in [0, 0.1) is 11.3 Å². The van der Waals surface area contributed by atoms with Crippen LogP contribution in [-0.4, -0.2) is 9.55 Å². The molecule has 0 aliphatic rings. The van der Waals surface area contributed by atoms with Crippen LogP contribution >= 0.6 is 15.9 Å². The number of aryl methyl sites for hydroxylation is 1. The lowest BCUT2D eigenvalue weighted by Gasteiger charge is -2.03. The minimum atomic E-state index is -0.0723. The van der Waals surface area contributed by atoms with E-state index in [9.17, 15) is 4.79 Å². The molecule has 4 nitrogen and oxygen atoms in total. The van der Waals surface area contributed by atoms with Crippen LogP contribution in [0.3, 0.4) is 0 Å². The largest absolute Gasteiger partial charge is 0.298 e. The number of rotatable bonds is 4. The summed E-state index contributed by atoms with van der Waals surface area (Å²) in [6.07, 6.45) is 5.17. The van der Waals surface area contributed by atoms with E-state index in [1.54, 1.807) is 4.57 Å². The van der Waals surface area contributed by atoms with Crippen molar-refractivity contribution < 1.29 is 0 Å². The summed E-state index contributed by atoms with van der Waals surface area (Å²) in [5.74, 6) is 0. The van der Waals surface area contributed by atoms with E-state index in [0.29, 0.717) is 17.4 Å². The van der Waals surface area contributed by atoms with Crippen LogP contribution in [-0.2, 0) is 6.54 Å². The van der Waals surface area contributed by atoms with Gasteiger partial charge in [-0.2, -0.15) is 5.26 Å². The number of hydrogen-bond donors (Lipinski definition) is 0. The Balaban J connectivity index is 2.56. The first-order chi connectivity index (χ1) is 6.75. The second kappa shape index (κ2) is 5.55. The van der Waals surface area contributed by atoms with Gasteiger partial charge >= 0.3 is 0 Å². The molecule has 0 amide bonds. The first kappa shape index (κ1) is 10.9. The molecular formula is C9H10BrN3O. The van der Waals surface area contributed by atoms with Crippen molar-refractivity contribution in [3.8, 4) is 6.07 Å². The van der Waals surface area contributed by atoms with Gasteiger partial charge in [0, 0.05) is 19.2 Å². The van der Waals surface area contributed by atoms with Crippen molar-refractivity contribution in [1.29, 1.82) is 5.26 Å². The number of nitriles is 1. The minimum Gasteiger partial charge on any atom is -0.298 e. The van der Waals surface area contributed by atoms with Crippen molar-refractivity contribution in [2.75, 3.05) is 0 Å². The highest BCUT2D eigenvalue weighted by Crippen LogP contribution is 2.00. The lowest BCUT2D eigenvalue weighted by molar-refractivity contribution is 0.588. The number of nitrogens with zero attached hydrogens (tertiary/aromatic N) is 3. The fraction of sp³-hybridized carbons (Fsp3) is 0.444. The average molecular weight is 256 g/mol. The highest BCUT2D eigenvalue weighted by Gasteiger charge is 1.99. The molecule has 0 atom stereocenters. The molecule has 1 aromatic rings. The maximum absolute atomic E-state index is 11.4. The topological polar surface area (TPSA) is 58.7 Å². The summed E-state index contributed by atoms with van der Waals surface area (Å²) in [7, 11) is 0. The molecule has 0 saturated carbocycles. The molecule has 1 rings (SSSR count). The summed E-state index contributed by atoms with van der Waals surface area (Å²) in [6, 6.07) is 2.07. The molecule has 0 unspecified atom stereocenters. The van der Waals surface area contributed by atoms with E-state index in [1.807, 2.05) is 0 Å². The number of unbranched alkanes of at least 4 members (excludes halogenated alkanes) is 2. The molecule has 0 N–H and O–H groups in total. The van der Waals surface area contributed by atoms with Gasteiger partial charge in [0.1, 0.15) is 4.47 Å². The van der Waals surface area contributed by atoms with Crippen molar-refractivity contribution in [3.63, 3.8) is 0 Å². The van der Waals surface area contributed by atoms with Gasteiger partial charge in [0.05, 0.1) is 12.4 Å². The molecule has 1 heterocycles. The predicted octanol–water partition coefficient (Wildman–Crippen LogP) is 1.70. The number of halogens is 1. The summed E-state index contributed by atoms with van der Waals surface area (Å²) in [5, 5.41) is 8.32. The highest BCUT2D eigenvalue weighted by molar-refractivity contribution is 9.10. The van der Waals surface area contributed by atoms with Gasteiger partial charge in [-0.3, -0.25) is 9.36 Å². The third kappa shape index (κ3) is 2.96. The van der Waals surface area contributed by atoms with Crippen molar-refractivity contribution in [1.82, 2.24) is 9.55 Å². The molecule has 74 valence electrons. The van der Waals surface area contributed by atoms with Gasteiger partial charge in [-0.25, -0.2) is 4.98 Å². The zero-order chi connectivity index (χ0) is 10.4. The molecular weight excluding hydrogens is 246 g/mol. The fourth-order valence-electron chi connectivity index (χ4n) is 1.07. The first-order valence-corrected chi connectivity index (χ1v) is 5.12. The Morgan fingerprint density at radius 2 is 2.36 bits per heavy atom. The zero-order valence-electron chi connectivity index (χ0n) is 7.61. The maximum atomic E-state index is 11.4. The highest BCUT2D eigenvalue weighted by atomic mass is 79.9. The molecule has 0 bridgehead atoms. The lowest BCUT2D eigenvalue weighted by atomic mass is 10.2. The Kier molecular flexibility index (Phi) is 4.33. The predicted molar refractivity (Wildman–Crippen MR) is 55.7 cm³/mol. The van der Waals surface area contributed by atoms with Gasteiger partial charge in [0.25, 0.3) is 5.56 Å². The molecule has 0 radical (unpaired) electrons. The molecule has 0 aliphatic carbocycles. The minimum absolute atomic E-state index is 0.0723. The van der Waals surface area contributed by atoms with E-state index >= 15 is 0 Å². The SMILES string of the molecule is N#CCCCCn1cncc(Br)c1=O. The van der Waals surface area contributed by atoms with E-state index in [4.69, 9.17) is 5.26 Å². The summed E-state index contributed by atoms with van der Waals surface area (Å²) in [4.78, 5) is 15.3. The van der Waals surface area contributed by atoms with E-state index in [0.717, 1.165) is 12.8 Å². The first-order valence-electron chi connectivity index (χ1n) is 4.32. The van der Waals surface area contributed by atoms with Crippen LogP contribution in [0.2, 0.25) is 0 Å². The average Bonchev–Trinajstić information content (AvgIpc) is 2.19. The van der Waals surface area contributed by atoms with E-state index in [-0.39, 0.29) is 5.56 Å². The summed E-state index contributed by atoms with van der Waals surface area (Å²) in [5.41, 5.74) is -0.0723. The summed E-state index contributed by atoms with van der Waals surface area (Å²) >= 11 is 3.12. The normalized spacial score (nSPS) is 9.71. The van der Waals surface area contributed by atoms with Crippen LogP contribution in [0.15, 0.2) is 21.8 Å². The quantitative estimate of drug-likeness (QED) is 0.770. The molecule has 0 aliphatic heterocycles. The Bertz CT molecular complexity index is 394. The van der Waals surface area contributed by atoms with Gasteiger partial charge in [-0.15, -0.1) is 0 Å². The van der Waals surface area contributed by atoms with Crippen LogP contribution in [0.25, 0.3) is 0 Å². The Labute approximate surface area is 90.3 Å². The van der Waals surface area contributed by atoms with E-state index in [1.165, 1.54) is 12.5 Å². The third-order valence-corrected chi connectivity index (χ3v) is 2.34. The van der Waals surface area contributed by atoms with Gasteiger partial charge in [0.2, 0.25) is 0 Å². The van der Waals surface area contributed by atoms with Crippen LogP contribution < -0.4 is 5.56 Å². The molecule has 1 aromatic heterocycles. The van der Waals surface area contributed by atoms with Crippen molar-refractivity contribution in [2.45, 2.75) is 25.8 Å². The molecule has 0 aromatic carbocycles. The van der Waals surface area contributed by atoms with Gasteiger partial charge in [0.15, 0.2) is 0 Å². The molecule has 0 fully saturated rings. The van der Waals surface area contributed by atoms with Gasteiger partial charge in [-0.05, 0) is 28.8 Å². The molecule has 5 heteroatoms. The Hall–Kier alpha value is -1.15.